The minimum Gasteiger partial charge on any atom is -0.497 e. The van der Waals surface area contributed by atoms with Crippen molar-refractivity contribution in [3.63, 3.8) is 0 Å². The molecule has 4 aromatic rings. The van der Waals surface area contributed by atoms with Crippen LogP contribution in [0.4, 0.5) is 0 Å². The third kappa shape index (κ3) is 6.13. The van der Waals surface area contributed by atoms with E-state index in [1.807, 2.05) is 29.4 Å². The molecule has 3 fully saturated rings. The molecule has 0 spiro atoms. The number of nitrogens with one attached hydrogen (secondary N) is 2. The van der Waals surface area contributed by atoms with Gasteiger partial charge in [0, 0.05) is 40.7 Å². The van der Waals surface area contributed by atoms with Crippen LogP contribution in [0.1, 0.15) is 115 Å². The van der Waals surface area contributed by atoms with E-state index in [2.05, 4.69) is 37.0 Å². The molecular formula is C40H48N5O6S+. The number of aromatic amines is 1. The summed E-state index contributed by atoms with van der Waals surface area (Å²) in [7, 11) is -2.16. The number of rotatable bonds is 8. The molecule has 2 aromatic carbocycles. The number of fused-ring (bicyclic) bond motifs is 5. The van der Waals surface area contributed by atoms with Crippen molar-refractivity contribution in [2.75, 3.05) is 33.4 Å². The standard InChI is InChI=1S/C40H47N5O6S/c1-25(2)52(48,49)42-39(46)27-12-14-33-34(22-27)44-23-29(36-38(40(47)43-16-18-51-19-17-43)45(24-41-36)30-10-7-11-30)20-28-21-31(50-3)13-15-32(28)37(44)35(33)26-8-5-4-6-9-26/h12-15,20-22,24-26,30H,4-11,16-19,23H2,1-3H3,(H,42,46)/p+1. The highest BCUT2D eigenvalue weighted by molar-refractivity contribution is 7.90. The van der Waals surface area contributed by atoms with Crippen LogP contribution >= 0.6 is 0 Å². The lowest BCUT2D eigenvalue weighted by Crippen LogP contribution is -2.51. The van der Waals surface area contributed by atoms with Gasteiger partial charge in [-0.1, -0.05) is 25.3 Å². The highest BCUT2D eigenvalue weighted by Crippen LogP contribution is 2.48. The van der Waals surface area contributed by atoms with E-state index >= 15 is 0 Å². The Labute approximate surface area is 305 Å². The number of carbonyl (C=O) groups is 2. The number of benzene rings is 2. The number of H-pyrrole nitrogens is 1. The summed E-state index contributed by atoms with van der Waals surface area (Å²) in [5, 5.41) is 0.315. The number of imidazole rings is 1. The number of allylic oxidation sites excluding steroid dienone is 1. The summed E-state index contributed by atoms with van der Waals surface area (Å²) >= 11 is 0. The average molecular weight is 727 g/mol. The van der Waals surface area contributed by atoms with Crippen molar-refractivity contribution >= 4 is 44.4 Å². The molecule has 8 rings (SSSR count). The topological polar surface area (TPSA) is 127 Å². The number of carbonyl (C=O) groups excluding carboxylic acids is 2. The van der Waals surface area contributed by atoms with Gasteiger partial charge in [0.15, 0.2) is 5.69 Å². The fraction of sp³-hybridized carbons (Fsp3) is 0.475. The minimum absolute atomic E-state index is 0.00624. The monoisotopic (exact) mass is 726 g/mol. The van der Waals surface area contributed by atoms with Crippen LogP contribution in [-0.2, 0) is 21.3 Å². The van der Waals surface area contributed by atoms with Crippen LogP contribution in [-0.4, -0.2) is 73.3 Å². The van der Waals surface area contributed by atoms with Crippen molar-refractivity contribution < 1.29 is 32.0 Å². The van der Waals surface area contributed by atoms with Gasteiger partial charge < -0.3 is 18.9 Å². The molecule has 12 heteroatoms. The summed E-state index contributed by atoms with van der Waals surface area (Å²) in [6.45, 7) is 5.65. The van der Waals surface area contributed by atoms with Gasteiger partial charge in [0.1, 0.15) is 11.8 Å². The molecule has 2 N–H and O–H groups in total. The fourth-order valence-corrected chi connectivity index (χ4v) is 8.98. The third-order valence-electron chi connectivity index (χ3n) is 11.5. The molecular weight excluding hydrogens is 679 g/mol. The van der Waals surface area contributed by atoms with Crippen molar-refractivity contribution in [3.05, 3.63) is 70.8 Å². The minimum atomic E-state index is -3.83. The number of hydrogen-bond donors (Lipinski definition) is 2. The highest BCUT2D eigenvalue weighted by atomic mass is 32.2. The summed E-state index contributed by atoms with van der Waals surface area (Å²) in [5.74, 6) is 0.413. The normalized spacial score (nSPS) is 18.4. The molecule has 52 heavy (non-hydrogen) atoms. The molecule has 2 amide bonds. The second-order valence-electron chi connectivity index (χ2n) is 15.0. The number of hydrogen-bond acceptors (Lipinski definition) is 6. The van der Waals surface area contributed by atoms with Crippen LogP contribution in [0, 0.1) is 0 Å². The third-order valence-corrected chi connectivity index (χ3v) is 13.3. The molecule has 0 unspecified atom stereocenters. The van der Waals surface area contributed by atoms with Gasteiger partial charge in [0.05, 0.1) is 37.8 Å². The summed E-state index contributed by atoms with van der Waals surface area (Å²) in [6.07, 6.45) is 13.0. The Morgan fingerprint density at radius 3 is 2.46 bits per heavy atom. The van der Waals surface area contributed by atoms with Crippen molar-refractivity contribution in [2.24, 2.45) is 0 Å². The second kappa shape index (κ2) is 13.9. The Hall–Kier alpha value is -4.42. The van der Waals surface area contributed by atoms with E-state index in [-0.39, 0.29) is 17.5 Å². The molecule has 11 nitrogen and oxygen atoms in total. The van der Waals surface area contributed by atoms with E-state index in [4.69, 9.17) is 9.47 Å². The maximum Gasteiger partial charge on any atom is 0.298 e. The van der Waals surface area contributed by atoms with Crippen LogP contribution in [0.25, 0.3) is 33.8 Å². The van der Waals surface area contributed by atoms with E-state index in [0.29, 0.717) is 44.5 Å². The predicted octanol–water partition coefficient (Wildman–Crippen LogP) is 6.20. The number of amides is 2. The average Bonchev–Trinajstić information content (AvgIpc) is 3.64. The summed E-state index contributed by atoms with van der Waals surface area (Å²) in [5.41, 5.74) is 7.92. The van der Waals surface area contributed by atoms with E-state index in [0.717, 1.165) is 89.7 Å². The molecule has 274 valence electrons. The van der Waals surface area contributed by atoms with Crippen LogP contribution in [0.5, 0.6) is 5.75 Å². The summed E-state index contributed by atoms with van der Waals surface area (Å²) < 4.78 is 43.5. The largest absolute Gasteiger partial charge is 0.497 e. The number of nitrogens with zero attached hydrogens (tertiary/aromatic N) is 3. The Bertz CT molecular complexity index is 2180. The Balaban J connectivity index is 1.34. The van der Waals surface area contributed by atoms with E-state index < -0.39 is 21.2 Å². The van der Waals surface area contributed by atoms with Crippen LogP contribution in [0.2, 0.25) is 0 Å². The van der Waals surface area contributed by atoms with Crippen molar-refractivity contribution in [2.45, 2.75) is 89.0 Å². The molecule has 4 aliphatic rings. The van der Waals surface area contributed by atoms with Gasteiger partial charge in [0.2, 0.25) is 22.0 Å². The highest BCUT2D eigenvalue weighted by Gasteiger charge is 2.38. The van der Waals surface area contributed by atoms with Crippen molar-refractivity contribution in [1.82, 2.24) is 19.2 Å². The zero-order chi connectivity index (χ0) is 36.1. The quantitative estimate of drug-likeness (QED) is 0.208. The number of methoxy groups -OCH3 is 1. The smallest absolute Gasteiger partial charge is 0.298 e. The van der Waals surface area contributed by atoms with E-state index in [1.54, 1.807) is 27.0 Å². The zero-order valence-corrected chi connectivity index (χ0v) is 31.1. The lowest BCUT2D eigenvalue weighted by Gasteiger charge is -2.28. The van der Waals surface area contributed by atoms with Crippen LogP contribution in [0.3, 0.4) is 0 Å². The van der Waals surface area contributed by atoms with Gasteiger partial charge >= 0.3 is 0 Å². The van der Waals surface area contributed by atoms with Gasteiger partial charge in [-0.3, -0.25) is 9.59 Å². The lowest BCUT2D eigenvalue weighted by atomic mass is 9.81. The van der Waals surface area contributed by atoms with Crippen molar-refractivity contribution in [3.8, 4) is 17.0 Å². The predicted molar refractivity (Wildman–Crippen MR) is 200 cm³/mol. The summed E-state index contributed by atoms with van der Waals surface area (Å²) in [6, 6.07) is 12.0. The Kier molecular flexibility index (Phi) is 9.23. The fourth-order valence-electron chi connectivity index (χ4n) is 8.37. The van der Waals surface area contributed by atoms with E-state index in [9.17, 15) is 18.0 Å². The van der Waals surface area contributed by atoms with Gasteiger partial charge in [-0.25, -0.2) is 22.7 Å². The van der Waals surface area contributed by atoms with E-state index in [1.165, 1.54) is 12.0 Å². The molecule has 2 aliphatic heterocycles. The van der Waals surface area contributed by atoms with Crippen LogP contribution < -0.4 is 14.0 Å². The number of aromatic nitrogens is 3. The van der Waals surface area contributed by atoms with Gasteiger partial charge in [-0.05, 0) is 99.4 Å². The second-order valence-corrected chi connectivity index (χ2v) is 17.2. The van der Waals surface area contributed by atoms with Gasteiger partial charge in [-0.2, -0.15) is 0 Å². The Morgan fingerprint density at radius 1 is 1.00 bits per heavy atom. The summed E-state index contributed by atoms with van der Waals surface area (Å²) in [4.78, 5) is 33.4. The number of ether oxygens (including phenoxy) is 2. The molecule has 0 bridgehead atoms. The van der Waals surface area contributed by atoms with Gasteiger partial charge in [0.25, 0.3) is 11.8 Å². The van der Waals surface area contributed by atoms with Crippen LogP contribution in [0.15, 0.2) is 42.7 Å². The first-order valence-corrected chi connectivity index (χ1v) is 20.3. The van der Waals surface area contributed by atoms with Gasteiger partial charge in [-0.15, -0.1) is 0 Å². The molecule has 4 heterocycles. The molecule has 1 saturated heterocycles. The maximum absolute atomic E-state index is 14.5. The number of sulfonamides is 1. The zero-order valence-electron chi connectivity index (χ0n) is 30.2. The SMILES string of the molecule is COc1ccc2c(c1)C=C(c1[nH]c[n+](C3CCC3)c1C(=O)N1CCOCC1)Cn1c-2c(C2CCCCC2)c2ccc(C(=O)NS(=O)(=O)C(C)C)cc21. The molecule has 2 saturated carbocycles. The molecule has 0 atom stereocenters. The molecule has 2 aromatic heterocycles. The Morgan fingerprint density at radius 2 is 1.77 bits per heavy atom. The first-order chi connectivity index (χ1) is 25.1. The maximum atomic E-state index is 14.5. The number of morpholine rings is 1. The van der Waals surface area contributed by atoms with Crippen molar-refractivity contribution in [1.29, 1.82) is 0 Å². The lowest BCUT2D eigenvalue weighted by molar-refractivity contribution is -0.733. The first kappa shape index (κ1) is 34.7. The first-order valence-electron chi connectivity index (χ1n) is 18.8. The molecule has 0 radical (unpaired) electrons. The molecule has 2 aliphatic carbocycles.